The van der Waals surface area contributed by atoms with Crippen molar-refractivity contribution in [3.63, 3.8) is 0 Å². The van der Waals surface area contributed by atoms with Gasteiger partial charge in [-0.3, -0.25) is 9.69 Å². The molecule has 0 bridgehead atoms. The van der Waals surface area contributed by atoms with Gasteiger partial charge in [0.1, 0.15) is 0 Å². The van der Waals surface area contributed by atoms with Crippen molar-refractivity contribution in [2.75, 3.05) is 26.2 Å². The van der Waals surface area contributed by atoms with Crippen LogP contribution in [0.1, 0.15) is 45.4 Å². The molecule has 1 heterocycles. The number of nitrogens with zero attached hydrogens (tertiary/aromatic N) is 1. The molecule has 1 atom stereocenters. The first-order valence-corrected chi connectivity index (χ1v) is 6.89. The number of aliphatic hydroxyl groups is 1. The van der Waals surface area contributed by atoms with Crippen LogP contribution in [-0.4, -0.2) is 48.2 Å². The highest BCUT2D eigenvalue weighted by atomic mass is 16.2. The van der Waals surface area contributed by atoms with Gasteiger partial charge >= 0.3 is 0 Å². The van der Waals surface area contributed by atoms with E-state index in [1.807, 2.05) is 0 Å². The number of likely N-dealkylation sites (tertiary alicyclic amines) is 1. The van der Waals surface area contributed by atoms with Crippen LogP contribution in [0, 0.1) is 0 Å². The minimum absolute atomic E-state index is 0.148. The maximum Gasteiger partial charge on any atom is 0.234 e. The molecule has 1 fully saturated rings. The first-order valence-electron chi connectivity index (χ1n) is 6.89. The van der Waals surface area contributed by atoms with Crippen molar-refractivity contribution in [2.45, 2.75) is 51.5 Å². The van der Waals surface area contributed by atoms with E-state index in [4.69, 9.17) is 5.11 Å². The third-order valence-corrected chi connectivity index (χ3v) is 3.39. The molecule has 0 aliphatic carbocycles. The number of hydrogen-bond acceptors (Lipinski definition) is 3. The summed E-state index contributed by atoms with van der Waals surface area (Å²) >= 11 is 0. The lowest BCUT2D eigenvalue weighted by Gasteiger charge is -2.23. The Hall–Kier alpha value is -0.610. The monoisotopic (exact) mass is 242 g/mol. The normalized spacial score (nSPS) is 20.7. The standard InChI is InChI=1S/C13H26N2O2/c1-2-3-8-14-13(17)11-15-9-4-6-12(15)7-5-10-16/h12,16H,2-11H2,1H3,(H,14,17). The van der Waals surface area contributed by atoms with E-state index in [1.54, 1.807) is 0 Å². The molecular formula is C13H26N2O2. The molecule has 1 unspecified atom stereocenters. The minimum atomic E-state index is 0.148. The van der Waals surface area contributed by atoms with E-state index in [0.29, 0.717) is 12.6 Å². The summed E-state index contributed by atoms with van der Waals surface area (Å²) in [5.41, 5.74) is 0. The van der Waals surface area contributed by atoms with Crippen LogP contribution in [0.3, 0.4) is 0 Å². The third kappa shape index (κ3) is 5.50. The first kappa shape index (κ1) is 14.5. The van der Waals surface area contributed by atoms with Gasteiger partial charge in [0.15, 0.2) is 0 Å². The molecule has 100 valence electrons. The number of aliphatic hydroxyl groups excluding tert-OH is 1. The summed E-state index contributed by atoms with van der Waals surface area (Å²) in [6.45, 7) is 4.73. The van der Waals surface area contributed by atoms with E-state index in [9.17, 15) is 4.79 Å². The number of amides is 1. The van der Waals surface area contributed by atoms with Crippen LogP contribution in [0.15, 0.2) is 0 Å². The predicted octanol–water partition coefficient (Wildman–Crippen LogP) is 1.14. The van der Waals surface area contributed by atoms with Crippen LogP contribution in [0.5, 0.6) is 0 Å². The summed E-state index contributed by atoms with van der Waals surface area (Å²) in [5.74, 6) is 0.148. The van der Waals surface area contributed by atoms with Gasteiger partial charge in [0.05, 0.1) is 6.54 Å². The molecule has 4 heteroatoms. The average molecular weight is 242 g/mol. The van der Waals surface area contributed by atoms with Crippen molar-refractivity contribution in [3.8, 4) is 0 Å². The smallest absolute Gasteiger partial charge is 0.234 e. The fourth-order valence-electron chi connectivity index (χ4n) is 2.40. The third-order valence-electron chi connectivity index (χ3n) is 3.39. The van der Waals surface area contributed by atoms with Gasteiger partial charge in [-0.05, 0) is 38.6 Å². The number of unbranched alkanes of at least 4 members (excludes halogenated alkanes) is 1. The zero-order valence-electron chi connectivity index (χ0n) is 11.0. The van der Waals surface area contributed by atoms with Crippen LogP contribution in [0.25, 0.3) is 0 Å². The maximum absolute atomic E-state index is 11.7. The van der Waals surface area contributed by atoms with E-state index in [2.05, 4.69) is 17.1 Å². The zero-order valence-corrected chi connectivity index (χ0v) is 11.0. The molecule has 1 amide bonds. The Labute approximate surface area is 104 Å². The topological polar surface area (TPSA) is 52.6 Å². The lowest BCUT2D eigenvalue weighted by molar-refractivity contribution is -0.122. The van der Waals surface area contributed by atoms with Gasteiger partial charge in [-0.25, -0.2) is 0 Å². The van der Waals surface area contributed by atoms with E-state index < -0.39 is 0 Å². The highest BCUT2D eigenvalue weighted by Crippen LogP contribution is 2.20. The fraction of sp³-hybridized carbons (Fsp3) is 0.923. The lowest BCUT2D eigenvalue weighted by Crippen LogP contribution is -2.40. The first-order chi connectivity index (χ1) is 8.27. The van der Waals surface area contributed by atoms with Crippen molar-refractivity contribution < 1.29 is 9.90 Å². The Morgan fingerprint density at radius 2 is 2.29 bits per heavy atom. The summed E-state index contributed by atoms with van der Waals surface area (Å²) < 4.78 is 0. The molecule has 0 saturated carbocycles. The summed E-state index contributed by atoms with van der Waals surface area (Å²) in [6, 6.07) is 0.499. The number of rotatable bonds is 8. The second kappa shape index (κ2) is 8.48. The van der Waals surface area contributed by atoms with Crippen molar-refractivity contribution >= 4 is 5.91 Å². The van der Waals surface area contributed by atoms with Crippen LogP contribution < -0.4 is 5.32 Å². The zero-order chi connectivity index (χ0) is 12.5. The van der Waals surface area contributed by atoms with Gasteiger partial charge in [-0.15, -0.1) is 0 Å². The number of carbonyl (C=O) groups is 1. The fourth-order valence-corrected chi connectivity index (χ4v) is 2.40. The molecule has 0 aromatic rings. The summed E-state index contributed by atoms with van der Waals surface area (Å²) in [4.78, 5) is 14.0. The predicted molar refractivity (Wildman–Crippen MR) is 68.8 cm³/mol. The molecule has 1 rings (SSSR count). The van der Waals surface area contributed by atoms with E-state index >= 15 is 0 Å². The van der Waals surface area contributed by atoms with Crippen LogP contribution in [0.2, 0.25) is 0 Å². The summed E-state index contributed by atoms with van der Waals surface area (Å²) in [5, 5.41) is 11.8. The Morgan fingerprint density at radius 1 is 1.47 bits per heavy atom. The van der Waals surface area contributed by atoms with Crippen molar-refractivity contribution in [2.24, 2.45) is 0 Å². The van der Waals surface area contributed by atoms with Gasteiger partial charge in [0.2, 0.25) is 5.91 Å². The van der Waals surface area contributed by atoms with Crippen molar-refractivity contribution in [1.82, 2.24) is 10.2 Å². The summed E-state index contributed by atoms with van der Waals surface area (Å²) in [7, 11) is 0. The molecule has 2 N–H and O–H groups in total. The molecule has 1 saturated heterocycles. The van der Waals surface area contributed by atoms with Gasteiger partial charge in [-0.2, -0.15) is 0 Å². The van der Waals surface area contributed by atoms with Gasteiger partial charge < -0.3 is 10.4 Å². The van der Waals surface area contributed by atoms with Crippen molar-refractivity contribution in [3.05, 3.63) is 0 Å². The van der Waals surface area contributed by atoms with Gasteiger partial charge in [0.25, 0.3) is 0 Å². The minimum Gasteiger partial charge on any atom is -0.396 e. The van der Waals surface area contributed by atoms with E-state index in [0.717, 1.165) is 38.8 Å². The average Bonchev–Trinajstić information content (AvgIpc) is 2.74. The number of hydrogen-bond donors (Lipinski definition) is 2. The summed E-state index contributed by atoms with van der Waals surface area (Å²) in [6.07, 6.45) is 6.38. The molecule has 0 radical (unpaired) electrons. The Bertz CT molecular complexity index is 221. The lowest BCUT2D eigenvalue weighted by atomic mass is 10.1. The van der Waals surface area contributed by atoms with Crippen LogP contribution >= 0.6 is 0 Å². The van der Waals surface area contributed by atoms with Gasteiger partial charge in [0, 0.05) is 19.2 Å². The molecule has 4 nitrogen and oxygen atoms in total. The van der Waals surface area contributed by atoms with Crippen molar-refractivity contribution in [1.29, 1.82) is 0 Å². The Morgan fingerprint density at radius 3 is 3.00 bits per heavy atom. The molecule has 0 aromatic heterocycles. The molecule has 1 aliphatic heterocycles. The molecule has 0 aromatic carbocycles. The number of carbonyl (C=O) groups excluding carboxylic acids is 1. The largest absolute Gasteiger partial charge is 0.396 e. The second-order valence-electron chi connectivity index (χ2n) is 4.84. The Balaban J connectivity index is 2.21. The molecule has 0 spiro atoms. The van der Waals surface area contributed by atoms with E-state index in [-0.39, 0.29) is 12.5 Å². The van der Waals surface area contributed by atoms with Crippen LogP contribution in [-0.2, 0) is 4.79 Å². The highest BCUT2D eigenvalue weighted by molar-refractivity contribution is 5.78. The Kier molecular flexibility index (Phi) is 7.21. The highest BCUT2D eigenvalue weighted by Gasteiger charge is 2.25. The van der Waals surface area contributed by atoms with Crippen LogP contribution in [0.4, 0.5) is 0 Å². The second-order valence-corrected chi connectivity index (χ2v) is 4.84. The number of nitrogens with one attached hydrogen (secondary N) is 1. The molecular weight excluding hydrogens is 216 g/mol. The van der Waals surface area contributed by atoms with Gasteiger partial charge in [-0.1, -0.05) is 13.3 Å². The van der Waals surface area contributed by atoms with E-state index in [1.165, 1.54) is 12.8 Å². The maximum atomic E-state index is 11.7. The molecule has 1 aliphatic rings. The molecule has 17 heavy (non-hydrogen) atoms. The quantitative estimate of drug-likeness (QED) is 0.628. The SMILES string of the molecule is CCCCNC(=O)CN1CCCC1CCCO.